The van der Waals surface area contributed by atoms with Crippen molar-refractivity contribution in [1.29, 1.82) is 0 Å². The van der Waals surface area contributed by atoms with Gasteiger partial charge in [-0.25, -0.2) is 0 Å². The Labute approximate surface area is 223 Å². The molecule has 2 aromatic carbocycles. The fraction of sp³-hybridized carbons (Fsp3) is 0.414. The summed E-state index contributed by atoms with van der Waals surface area (Å²) >= 11 is 6.80. The third-order valence-corrected chi connectivity index (χ3v) is 8.61. The third kappa shape index (κ3) is 4.48. The van der Waals surface area contributed by atoms with Gasteiger partial charge in [-0.1, -0.05) is 50.0 Å². The number of thioether (sulfide) groups is 1. The van der Waals surface area contributed by atoms with Crippen molar-refractivity contribution in [2.45, 2.75) is 72.4 Å². The molecule has 2 aliphatic rings. The monoisotopic (exact) mass is 522 g/mol. The van der Waals surface area contributed by atoms with Crippen LogP contribution in [0.2, 0.25) is 0 Å². The molecule has 0 radical (unpaired) electrons. The SMILES string of the molecule is COC(=O)CC(C)N1/C(=C/C=C2\SC(=S)N(C(C)C)C2=O)C(C)(C)c2cc3cc(C)c(C)cc3cc21. The number of amides is 1. The van der Waals surface area contributed by atoms with Gasteiger partial charge in [0.15, 0.2) is 0 Å². The molecule has 7 heteroatoms. The second kappa shape index (κ2) is 9.67. The van der Waals surface area contributed by atoms with E-state index in [-0.39, 0.29) is 35.8 Å². The molecule has 4 rings (SSSR count). The number of fused-ring (bicyclic) bond motifs is 2. The van der Waals surface area contributed by atoms with E-state index in [2.05, 4.69) is 56.9 Å². The van der Waals surface area contributed by atoms with Crippen LogP contribution in [0, 0.1) is 13.8 Å². The van der Waals surface area contributed by atoms with E-state index >= 15 is 0 Å². The Balaban J connectivity index is 1.87. The minimum Gasteiger partial charge on any atom is -0.469 e. The number of nitrogens with zero attached hydrogens (tertiary/aromatic N) is 2. The number of hydrogen-bond donors (Lipinski definition) is 0. The van der Waals surface area contributed by atoms with Crippen LogP contribution >= 0.6 is 24.0 Å². The average Bonchev–Trinajstić information content (AvgIpc) is 3.20. The minimum absolute atomic E-state index is 0.0131. The van der Waals surface area contributed by atoms with Crippen LogP contribution in [-0.2, 0) is 19.7 Å². The molecule has 1 unspecified atom stereocenters. The molecule has 1 saturated heterocycles. The highest BCUT2D eigenvalue weighted by molar-refractivity contribution is 8.26. The summed E-state index contributed by atoms with van der Waals surface area (Å²) in [6, 6.07) is 8.84. The summed E-state index contributed by atoms with van der Waals surface area (Å²) < 4.78 is 5.58. The summed E-state index contributed by atoms with van der Waals surface area (Å²) in [6.07, 6.45) is 4.17. The molecule has 0 aromatic heterocycles. The Morgan fingerprint density at radius 1 is 1.06 bits per heavy atom. The molecule has 0 aliphatic carbocycles. The third-order valence-electron chi connectivity index (χ3n) is 7.26. The van der Waals surface area contributed by atoms with E-state index in [0.29, 0.717) is 9.23 Å². The van der Waals surface area contributed by atoms with E-state index in [1.165, 1.54) is 46.3 Å². The molecule has 2 heterocycles. The maximum Gasteiger partial charge on any atom is 0.307 e. The lowest BCUT2D eigenvalue weighted by molar-refractivity contribution is -0.140. The summed E-state index contributed by atoms with van der Waals surface area (Å²) in [5, 5.41) is 2.37. The van der Waals surface area contributed by atoms with Crippen LogP contribution in [0.25, 0.3) is 10.8 Å². The molecule has 1 atom stereocenters. The standard InChI is InChI=1S/C29H34N2O3S2/c1-16(2)30-27(33)24(36-28(30)35)9-10-25-29(6,7)22-14-20-11-17(3)18(4)12-21(20)15-23(22)31(25)19(5)13-26(32)34-8/h9-12,14-16,19H,13H2,1-8H3/b24-9-,25-10+. The molecule has 0 bridgehead atoms. The molecule has 0 spiro atoms. The van der Waals surface area contributed by atoms with E-state index in [1.54, 1.807) is 4.90 Å². The fourth-order valence-electron chi connectivity index (χ4n) is 5.11. The second-order valence-electron chi connectivity index (χ2n) is 10.5. The molecule has 190 valence electrons. The van der Waals surface area contributed by atoms with Crippen molar-refractivity contribution < 1.29 is 14.3 Å². The van der Waals surface area contributed by atoms with Gasteiger partial charge in [0.1, 0.15) is 4.32 Å². The first-order valence-electron chi connectivity index (χ1n) is 12.3. The van der Waals surface area contributed by atoms with Crippen molar-refractivity contribution in [2.24, 2.45) is 0 Å². The van der Waals surface area contributed by atoms with Crippen LogP contribution in [-0.4, -0.2) is 40.3 Å². The topological polar surface area (TPSA) is 49.9 Å². The number of allylic oxidation sites excluding steroid dienone is 3. The quantitative estimate of drug-likeness (QED) is 0.252. The van der Waals surface area contributed by atoms with E-state index in [0.717, 1.165) is 11.4 Å². The van der Waals surface area contributed by atoms with Gasteiger partial charge in [-0.2, -0.15) is 0 Å². The number of ether oxygens (including phenoxy) is 1. The average molecular weight is 523 g/mol. The lowest BCUT2D eigenvalue weighted by Gasteiger charge is -2.31. The molecule has 1 fully saturated rings. The zero-order valence-electron chi connectivity index (χ0n) is 22.3. The van der Waals surface area contributed by atoms with Gasteiger partial charge in [-0.05, 0) is 86.4 Å². The molecule has 5 nitrogen and oxygen atoms in total. The zero-order valence-corrected chi connectivity index (χ0v) is 23.9. The minimum atomic E-state index is -0.339. The highest BCUT2D eigenvalue weighted by Crippen LogP contribution is 2.51. The molecular formula is C29H34N2O3S2. The molecule has 0 saturated carbocycles. The maximum absolute atomic E-state index is 13.0. The number of benzene rings is 2. The van der Waals surface area contributed by atoms with Gasteiger partial charge < -0.3 is 9.64 Å². The lowest BCUT2D eigenvalue weighted by Crippen LogP contribution is -2.35. The van der Waals surface area contributed by atoms with Crippen molar-refractivity contribution in [3.05, 3.63) is 63.7 Å². The number of rotatable bonds is 5. The van der Waals surface area contributed by atoms with Gasteiger partial charge in [0, 0.05) is 28.9 Å². The second-order valence-corrected chi connectivity index (χ2v) is 12.2. The van der Waals surface area contributed by atoms with Crippen LogP contribution < -0.4 is 4.90 Å². The predicted octanol–water partition coefficient (Wildman–Crippen LogP) is 6.54. The number of esters is 1. The number of carbonyl (C=O) groups excluding carboxylic acids is 2. The number of aryl methyl sites for hydroxylation is 2. The normalized spacial score (nSPS) is 20.2. The smallest absolute Gasteiger partial charge is 0.307 e. The number of methoxy groups -OCH3 is 1. The Kier molecular flexibility index (Phi) is 7.10. The molecule has 2 aromatic rings. The molecule has 1 amide bonds. The van der Waals surface area contributed by atoms with E-state index in [1.807, 2.05) is 32.9 Å². The molecule has 36 heavy (non-hydrogen) atoms. The summed E-state index contributed by atoms with van der Waals surface area (Å²) in [6.45, 7) is 14.6. The van der Waals surface area contributed by atoms with E-state index in [4.69, 9.17) is 17.0 Å². The predicted molar refractivity (Wildman–Crippen MR) is 153 cm³/mol. The first-order chi connectivity index (χ1) is 16.9. The van der Waals surface area contributed by atoms with Gasteiger partial charge in [0.2, 0.25) is 0 Å². The summed E-state index contributed by atoms with van der Waals surface area (Å²) in [5.74, 6) is -0.311. The Bertz CT molecular complexity index is 1340. The molecule has 0 N–H and O–H groups in total. The van der Waals surface area contributed by atoms with Gasteiger partial charge in [0.25, 0.3) is 5.91 Å². The van der Waals surface area contributed by atoms with Gasteiger partial charge in [0.05, 0.1) is 18.4 Å². The largest absolute Gasteiger partial charge is 0.469 e. The molecular weight excluding hydrogens is 488 g/mol. The summed E-state index contributed by atoms with van der Waals surface area (Å²) in [5.41, 5.74) is 5.49. The van der Waals surface area contributed by atoms with Gasteiger partial charge in [-0.3, -0.25) is 14.5 Å². The number of hydrogen-bond acceptors (Lipinski definition) is 6. The number of carbonyl (C=O) groups is 2. The van der Waals surface area contributed by atoms with Crippen molar-refractivity contribution >= 4 is 56.6 Å². The van der Waals surface area contributed by atoms with Crippen molar-refractivity contribution in [1.82, 2.24) is 4.90 Å². The Morgan fingerprint density at radius 2 is 1.67 bits per heavy atom. The fourth-order valence-corrected chi connectivity index (χ4v) is 6.57. The number of anilines is 1. The van der Waals surface area contributed by atoms with Crippen molar-refractivity contribution in [3.63, 3.8) is 0 Å². The van der Waals surface area contributed by atoms with Crippen LogP contribution in [0.4, 0.5) is 5.69 Å². The summed E-state index contributed by atoms with van der Waals surface area (Å²) in [7, 11) is 1.42. The van der Waals surface area contributed by atoms with E-state index in [9.17, 15) is 9.59 Å². The zero-order chi connectivity index (χ0) is 26.5. The maximum atomic E-state index is 13.0. The lowest BCUT2D eigenvalue weighted by atomic mass is 9.82. The van der Waals surface area contributed by atoms with Crippen molar-refractivity contribution in [2.75, 3.05) is 12.0 Å². The Hall–Kier alpha value is -2.64. The van der Waals surface area contributed by atoms with Crippen molar-refractivity contribution in [3.8, 4) is 0 Å². The summed E-state index contributed by atoms with van der Waals surface area (Å²) in [4.78, 5) is 29.8. The van der Waals surface area contributed by atoms with Gasteiger partial charge >= 0.3 is 5.97 Å². The van der Waals surface area contributed by atoms with Crippen LogP contribution in [0.1, 0.15) is 57.7 Å². The number of thiocarbonyl (C=S) groups is 1. The van der Waals surface area contributed by atoms with Crippen LogP contribution in [0.5, 0.6) is 0 Å². The molecule has 2 aliphatic heterocycles. The van der Waals surface area contributed by atoms with E-state index < -0.39 is 0 Å². The van der Waals surface area contributed by atoms with Gasteiger partial charge in [-0.15, -0.1) is 0 Å². The first-order valence-corrected chi connectivity index (χ1v) is 13.5. The van der Waals surface area contributed by atoms with Crippen LogP contribution in [0.15, 0.2) is 47.0 Å². The first kappa shape index (κ1) is 26.4. The Morgan fingerprint density at radius 3 is 2.22 bits per heavy atom. The van der Waals surface area contributed by atoms with Crippen LogP contribution in [0.3, 0.4) is 0 Å². The highest BCUT2D eigenvalue weighted by atomic mass is 32.2. The highest BCUT2D eigenvalue weighted by Gasteiger charge is 2.43.